The summed E-state index contributed by atoms with van der Waals surface area (Å²) in [6.07, 6.45) is 0. The number of hydrazone groups is 1. The largest absolute Gasteiger partial charge is 0.276 e. The number of benzene rings is 1. The molecule has 0 saturated carbocycles. The van der Waals surface area contributed by atoms with Gasteiger partial charge in [0, 0.05) is 11.1 Å². The summed E-state index contributed by atoms with van der Waals surface area (Å²) in [6, 6.07) is 7.93. The lowest BCUT2D eigenvalue weighted by atomic mass is 10.2. The van der Waals surface area contributed by atoms with Crippen LogP contribution in [0.1, 0.15) is 13.8 Å². The zero-order valence-electron chi connectivity index (χ0n) is 8.20. The zero-order chi connectivity index (χ0) is 9.97. The third-order valence-electron chi connectivity index (χ3n) is 1.86. The molecule has 2 rings (SSSR count). The molecular weight excluding hydrogens is 176 g/mol. The van der Waals surface area contributed by atoms with Crippen LogP contribution in [-0.4, -0.2) is 15.9 Å². The Bertz CT molecular complexity index is 466. The van der Waals surface area contributed by atoms with E-state index < -0.39 is 0 Å². The smallest absolute Gasteiger partial charge is 0.175 e. The van der Waals surface area contributed by atoms with E-state index in [0.29, 0.717) is 0 Å². The fourth-order valence-electron chi connectivity index (χ4n) is 1.21. The summed E-state index contributed by atoms with van der Waals surface area (Å²) in [7, 11) is 0. The number of H-pyrrole nitrogens is 1. The van der Waals surface area contributed by atoms with Crippen LogP contribution in [0.25, 0.3) is 10.9 Å². The average molecular weight is 188 g/mol. The second kappa shape index (κ2) is 3.49. The number of aromatic amines is 1. The van der Waals surface area contributed by atoms with Crippen LogP contribution in [0.15, 0.2) is 29.4 Å². The number of hydrogen-bond donors (Lipinski definition) is 2. The van der Waals surface area contributed by atoms with Crippen LogP contribution in [0.5, 0.6) is 0 Å². The van der Waals surface area contributed by atoms with Gasteiger partial charge in [-0.1, -0.05) is 12.1 Å². The SMILES string of the molecule is CC(C)=NNc1n[nH]c2ccccc12. The third kappa shape index (κ3) is 1.59. The van der Waals surface area contributed by atoms with Crippen molar-refractivity contribution < 1.29 is 0 Å². The average Bonchev–Trinajstić information content (AvgIpc) is 2.58. The fourth-order valence-corrected chi connectivity index (χ4v) is 1.21. The van der Waals surface area contributed by atoms with Gasteiger partial charge < -0.3 is 0 Å². The Hall–Kier alpha value is -1.84. The number of fused-ring (bicyclic) bond motifs is 1. The van der Waals surface area contributed by atoms with Crippen molar-refractivity contribution in [2.24, 2.45) is 5.10 Å². The lowest BCUT2D eigenvalue weighted by molar-refractivity contribution is 1.10. The van der Waals surface area contributed by atoms with Gasteiger partial charge in [-0.2, -0.15) is 10.2 Å². The lowest BCUT2D eigenvalue weighted by Crippen LogP contribution is -1.93. The van der Waals surface area contributed by atoms with E-state index in [1.54, 1.807) is 0 Å². The molecule has 0 saturated heterocycles. The van der Waals surface area contributed by atoms with E-state index in [1.807, 2.05) is 38.1 Å². The summed E-state index contributed by atoms with van der Waals surface area (Å²) >= 11 is 0. The van der Waals surface area contributed by atoms with Gasteiger partial charge in [0.25, 0.3) is 0 Å². The highest BCUT2D eigenvalue weighted by atomic mass is 15.4. The highest BCUT2D eigenvalue weighted by Gasteiger charge is 2.01. The first-order valence-corrected chi connectivity index (χ1v) is 4.47. The molecule has 0 radical (unpaired) electrons. The first kappa shape index (κ1) is 8.74. The Morgan fingerprint density at radius 1 is 1.36 bits per heavy atom. The third-order valence-corrected chi connectivity index (χ3v) is 1.86. The zero-order valence-corrected chi connectivity index (χ0v) is 8.20. The highest BCUT2D eigenvalue weighted by Crippen LogP contribution is 2.19. The second-order valence-electron chi connectivity index (χ2n) is 3.29. The standard InChI is InChI=1S/C10H12N4/c1-7(2)11-13-10-8-5-3-4-6-9(8)12-14-10/h3-6H,1-2H3,(H2,12,13,14). The lowest BCUT2D eigenvalue weighted by Gasteiger charge is -1.95. The quantitative estimate of drug-likeness (QED) is 0.561. The van der Waals surface area contributed by atoms with Gasteiger partial charge in [0.1, 0.15) is 0 Å². The van der Waals surface area contributed by atoms with E-state index in [1.165, 1.54) is 0 Å². The molecule has 0 unspecified atom stereocenters. The molecule has 0 fully saturated rings. The van der Waals surface area contributed by atoms with E-state index >= 15 is 0 Å². The number of anilines is 1. The predicted molar refractivity (Wildman–Crippen MR) is 58.5 cm³/mol. The summed E-state index contributed by atoms with van der Waals surface area (Å²) in [5.41, 5.74) is 4.90. The molecule has 0 aliphatic heterocycles. The maximum atomic E-state index is 4.12. The number of aromatic nitrogens is 2. The summed E-state index contributed by atoms with van der Waals surface area (Å²) in [5.74, 6) is 0.766. The van der Waals surface area contributed by atoms with Gasteiger partial charge in [-0.15, -0.1) is 0 Å². The summed E-state index contributed by atoms with van der Waals surface area (Å²) < 4.78 is 0. The maximum absolute atomic E-state index is 4.12. The van der Waals surface area contributed by atoms with Gasteiger partial charge in [-0.25, -0.2) is 0 Å². The van der Waals surface area contributed by atoms with E-state index in [4.69, 9.17) is 0 Å². The molecule has 0 aliphatic carbocycles. The molecule has 4 nitrogen and oxygen atoms in total. The molecule has 0 atom stereocenters. The molecule has 1 aromatic heterocycles. The number of nitrogens with one attached hydrogen (secondary N) is 2. The second-order valence-corrected chi connectivity index (χ2v) is 3.29. The van der Waals surface area contributed by atoms with Gasteiger partial charge in [0.15, 0.2) is 5.82 Å². The van der Waals surface area contributed by atoms with E-state index in [-0.39, 0.29) is 0 Å². The van der Waals surface area contributed by atoms with Crippen molar-refractivity contribution in [2.75, 3.05) is 5.43 Å². The molecule has 1 aromatic carbocycles. The number of para-hydroxylation sites is 1. The Morgan fingerprint density at radius 3 is 2.93 bits per heavy atom. The van der Waals surface area contributed by atoms with Crippen molar-refractivity contribution >= 4 is 22.4 Å². The van der Waals surface area contributed by atoms with E-state index in [9.17, 15) is 0 Å². The number of hydrogen-bond acceptors (Lipinski definition) is 3. The highest BCUT2D eigenvalue weighted by molar-refractivity contribution is 5.90. The molecule has 72 valence electrons. The van der Waals surface area contributed by atoms with Crippen LogP contribution in [0.3, 0.4) is 0 Å². The van der Waals surface area contributed by atoms with Crippen LogP contribution in [0.4, 0.5) is 5.82 Å². The molecule has 14 heavy (non-hydrogen) atoms. The van der Waals surface area contributed by atoms with Gasteiger partial charge in [0.2, 0.25) is 0 Å². The van der Waals surface area contributed by atoms with Crippen molar-refractivity contribution in [3.63, 3.8) is 0 Å². The van der Waals surface area contributed by atoms with Crippen LogP contribution in [-0.2, 0) is 0 Å². The summed E-state index contributed by atoms with van der Waals surface area (Å²) in [6.45, 7) is 3.86. The molecule has 0 bridgehead atoms. The molecule has 0 spiro atoms. The van der Waals surface area contributed by atoms with Crippen LogP contribution in [0, 0.1) is 0 Å². The van der Waals surface area contributed by atoms with Crippen molar-refractivity contribution in [3.8, 4) is 0 Å². The van der Waals surface area contributed by atoms with Crippen molar-refractivity contribution in [3.05, 3.63) is 24.3 Å². The van der Waals surface area contributed by atoms with E-state index in [2.05, 4.69) is 20.7 Å². The first-order chi connectivity index (χ1) is 6.77. The minimum absolute atomic E-state index is 0.766. The monoisotopic (exact) mass is 188 g/mol. The van der Waals surface area contributed by atoms with Crippen molar-refractivity contribution in [1.29, 1.82) is 0 Å². The minimum Gasteiger partial charge on any atom is -0.276 e. The fraction of sp³-hybridized carbons (Fsp3) is 0.200. The molecule has 0 aliphatic rings. The Kier molecular flexibility index (Phi) is 2.18. The Labute approximate surface area is 82.0 Å². The van der Waals surface area contributed by atoms with Crippen molar-refractivity contribution in [2.45, 2.75) is 13.8 Å². The van der Waals surface area contributed by atoms with Gasteiger partial charge >= 0.3 is 0 Å². The Morgan fingerprint density at radius 2 is 2.14 bits per heavy atom. The Balaban J connectivity index is 2.38. The van der Waals surface area contributed by atoms with E-state index in [0.717, 1.165) is 22.4 Å². The summed E-state index contributed by atoms with van der Waals surface area (Å²) in [4.78, 5) is 0. The molecular formula is C10H12N4. The van der Waals surface area contributed by atoms with Crippen LogP contribution in [0.2, 0.25) is 0 Å². The number of rotatable bonds is 2. The minimum atomic E-state index is 0.766. The maximum Gasteiger partial charge on any atom is 0.175 e. The molecule has 2 N–H and O–H groups in total. The molecule has 4 heteroatoms. The molecule has 0 amide bonds. The topological polar surface area (TPSA) is 53.1 Å². The predicted octanol–water partition coefficient (Wildman–Crippen LogP) is 2.37. The van der Waals surface area contributed by atoms with Crippen molar-refractivity contribution in [1.82, 2.24) is 10.2 Å². The van der Waals surface area contributed by atoms with Crippen LogP contribution < -0.4 is 5.43 Å². The van der Waals surface area contributed by atoms with Gasteiger partial charge in [-0.05, 0) is 26.0 Å². The van der Waals surface area contributed by atoms with Crippen LogP contribution >= 0.6 is 0 Å². The molecule has 2 aromatic rings. The summed E-state index contributed by atoms with van der Waals surface area (Å²) in [5, 5.41) is 12.2. The van der Waals surface area contributed by atoms with Gasteiger partial charge in [0.05, 0.1) is 5.52 Å². The van der Waals surface area contributed by atoms with Gasteiger partial charge in [-0.3, -0.25) is 10.5 Å². The number of nitrogens with zero attached hydrogens (tertiary/aromatic N) is 2. The first-order valence-electron chi connectivity index (χ1n) is 4.47. The molecule has 1 heterocycles. The normalized spacial score (nSPS) is 10.1.